The summed E-state index contributed by atoms with van der Waals surface area (Å²) in [7, 11) is 0. The Morgan fingerprint density at radius 2 is 2.20 bits per heavy atom. The number of carbonyl (C=O) groups excluding carboxylic acids is 1. The van der Waals surface area contributed by atoms with Gasteiger partial charge in [-0.25, -0.2) is 4.79 Å². The first-order valence-electron chi connectivity index (χ1n) is 6.67. The number of rotatable bonds is 5. The highest BCUT2D eigenvalue weighted by atomic mass is 35.5. The standard InChI is InChI=1S/C15H17ClN2O2/c1-3-8-17-13-10-6-5-7-12(16)14(10)18-9-11(13)15(19)20-4-2/h5-7,9H,3-4,8H2,1-2H3,(H,17,18). The Kier molecular flexibility index (Phi) is 4.79. The number of carbonyl (C=O) groups is 1. The molecule has 0 saturated heterocycles. The van der Waals surface area contributed by atoms with Gasteiger partial charge in [0.25, 0.3) is 0 Å². The molecular formula is C15H17ClN2O2. The zero-order valence-electron chi connectivity index (χ0n) is 11.6. The fourth-order valence-corrected chi connectivity index (χ4v) is 2.21. The number of pyridine rings is 1. The zero-order valence-corrected chi connectivity index (χ0v) is 12.3. The van der Waals surface area contributed by atoms with Crippen LogP contribution in [0.5, 0.6) is 0 Å². The minimum absolute atomic E-state index is 0.333. The molecule has 5 heteroatoms. The summed E-state index contributed by atoms with van der Waals surface area (Å²) in [6.07, 6.45) is 2.47. The molecule has 0 aliphatic carbocycles. The van der Waals surface area contributed by atoms with Gasteiger partial charge in [-0.3, -0.25) is 4.98 Å². The van der Waals surface area contributed by atoms with Gasteiger partial charge in [0, 0.05) is 18.1 Å². The number of esters is 1. The summed E-state index contributed by atoms with van der Waals surface area (Å²) in [5.41, 5.74) is 1.86. The lowest BCUT2D eigenvalue weighted by Gasteiger charge is -2.13. The molecule has 0 atom stereocenters. The van der Waals surface area contributed by atoms with E-state index in [-0.39, 0.29) is 5.97 Å². The van der Waals surface area contributed by atoms with Crippen molar-refractivity contribution >= 4 is 34.2 Å². The van der Waals surface area contributed by atoms with Gasteiger partial charge in [0.2, 0.25) is 0 Å². The molecule has 4 nitrogen and oxygen atoms in total. The number of halogens is 1. The van der Waals surface area contributed by atoms with Gasteiger partial charge >= 0.3 is 5.97 Å². The fraction of sp³-hybridized carbons (Fsp3) is 0.333. The molecule has 1 N–H and O–H groups in total. The summed E-state index contributed by atoms with van der Waals surface area (Å²) in [6.45, 7) is 4.94. The van der Waals surface area contributed by atoms with Crippen LogP contribution in [0.3, 0.4) is 0 Å². The van der Waals surface area contributed by atoms with Gasteiger partial charge in [0.05, 0.1) is 22.8 Å². The summed E-state index contributed by atoms with van der Waals surface area (Å²) >= 11 is 6.15. The zero-order chi connectivity index (χ0) is 14.5. The van der Waals surface area contributed by atoms with Crippen molar-refractivity contribution in [1.82, 2.24) is 4.98 Å². The first kappa shape index (κ1) is 14.6. The van der Waals surface area contributed by atoms with E-state index in [4.69, 9.17) is 16.3 Å². The Morgan fingerprint density at radius 1 is 1.40 bits per heavy atom. The average Bonchev–Trinajstić information content (AvgIpc) is 2.45. The Labute approximate surface area is 123 Å². The van der Waals surface area contributed by atoms with Crippen LogP contribution in [-0.2, 0) is 4.74 Å². The van der Waals surface area contributed by atoms with Crippen LogP contribution in [0.1, 0.15) is 30.6 Å². The highest BCUT2D eigenvalue weighted by Crippen LogP contribution is 2.30. The second kappa shape index (κ2) is 6.57. The quantitative estimate of drug-likeness (QED) is 0.850. The summed E-state index contributed by atoms with van der Waals surface area (Å²) in [4.78, 5) is 16.3. The number of ether oxygens (including phenoxy) is 1. The molecule has 0 bridgehead atoms. The molecule has 106 valence electrons. The lowest BCUT2D eigenvalue weighted by atomic mass is 10.1. The van der Waals surface area contributed by atoms with Crippen LogP contribution < -0.4 is 5.32 Å². The third-order valence-electron chi connectivity index (χ3n) is 2.90. The molecule has 20 heavy (non-hydrogen) atoms. The van der Waals surface area contributed by atoms with Crippen molar-refractivity contribution in [2.45, 2.75) is 20.3 Å². The summed E-state index contributed by atoms with van der Waals surface area (Å²) in [5.74, 6) is -0.375. The summed E-state index contributed by atoms with van der Waals surface area (Å²) < 4.78 is 5.08. The van der Waals surface area contributed by atoms with Crippen LogP contribution in [0.15, 0.2) is 24.4 Å². The smallest absolute Gasteiger partial charge is 0.341 e. The van der Waals surface area contributed by atoms with Crippen molar-refractivity contribution in [2.75, 3.05) is 18.5 Å². The number of anilines is 1. The predicted molar refractivity (Wildman–Crippen MR) is 81.5 cm³/mol. The molecule has 0 saturated carbocycles. The van der Waals surface area contributed by atoms with Gasteiger partial charge in [-0.2, -0.15) is 0 Å². The van der Waals surface area contributed by atoms with Crippen LogP contribution in [0.25, 0.3) is 10.9 Å². The molecule has 1 heterocycles. The highest BCUT2D eigenvalue weighted by molar-refractivity contribution is 6.35. The molecule has 1 aromatic heterocycles. The second-order valence-electron chi connectivity index (χ2n) is 4.33. The SMILES string of the molecule is CCCNc1c(C(=O)OCC)cnc2c(Cl)cccc12. The van der Waals surface area contributed by atoms with Crippen molar-refractivity contribution in [3.8, 4) is 0 Å². The van der Waals surface area contributed by atoms with E-state index in [1.54, 1.807) is 13.0 Å². The van der Waals surface area contributed by atoms with E-state index in [0.29, 0.717) is 22.7 Å². The number of para-hydroxylation sites is 1. The molecule has 0 amide bonds. The average molecular weight is 293 g/mol. The van der Waals surface area contributed by atoms with Crippen molar-refractivity contribution in [3.05, 3.63) is 35.0 Å². The van der Waals surface area contributed by atoms with Crippen LogP contribution in [0.2, 0.25) is 5.02 Å². The molecule has 0 aliphatic rings. The number of nitrogens with one attached hydrogen (secondary N) is 1. The number of hydrogen-bond donors (Lipinski definition) is 1. The van der Waals surface area contributed by atoms with E-state index < -0.39 is 0 Å². The number of benzene rings is 1. The van der Waals surface area contributed by atoms with Crippen molar-refractivity contribution in [1.29, 1.82) is 0 Å². The second-order valence-corrected chi connectivity index (χ2v) is 4.74. The molecule has 0 aliphatic heterocycles. The molecule has 2 rings (SSSR count). The first-order chi connectivity index (χ1) is 9.69. The summed E-state index contributed by atoms with van der Waals surface area (Å²) in [6, 6.07) is 5.53. The topological polar surface area (TPSA) is 51.2 Å². The van der Waals surface area contributed by atoms with E-state index in [0.717, 1.165) is 24.0 Å². The highest BCUT2D eigenvalue weighted by Gasteiger charge is 2.17. The van der Waals surface area contributed by atoms with E-state index in [1.807, 2.05) is 12.1 Å². The minimum Gasteiger partial charge on any atom is -0.462 e. The lowest BCUT2D eigenvalue weighted by molar-refractivity contribution is 0.0527. The van der Waals surface area contributed by atoms with Crippen LogP contribution >= 0.6 is 11.6 Å². The van der Waals surface area contributed by atoms with Crippen LogP contribution in [0, 0.1) is 0 Å². The normalized spacial score (nSPS) is 10.6. The number of fused-ring (bicyclic) bond motifs is 1. The van der Waals surface area contributed by atoms with Gasteiger partial charge in [-0.05, 0) is 19.4 Å². The van der Waals surface area contributed by atoms with Gasteiger partial charge in [-0.1, -0.05) is 30.7 Å². The van der Waals surface area contributed by atoms with Crippen LogP contribution in [0.4, 0.5) is 5.69 Å². The number of aromatic nitrogens is 1. The minimum atomic E-state index is -0.375. The Balaban J connectivity index is 2.59. The molecule has 0 fully saturated rings. The number of hydrogen-bond acceptors (Lipinski definition) is 4. The Morgan fingerprint density at radius 3 is 2.90 bits per heavy atom. The largest absolute Gasteiger partial charge is 0.462 e. The molecule has 2 aromatic rings. The maximum absolute atomic E-state index is 12.0. The maximum Gasteiger partial charge on any atom is 0.341 e. The van der Waals surface area contributed by atoms with Crippen molar-refractivity contribution in [3.63, 3.8) is 0 Å². The van der Waals surface area contributed by atoms with Gasteiger partial charge in [-0.15, -0.1) is 0 Å². The van der Waals surface area contributed by atoms with Gasteiger partial charge in [0.15, 0.2) is 0 Å². The Bertz CT molecular complexity index is 629. The first-order valence-corrected chi connectivity index (χ1v) is 7.05. The molecule has 1 aromatic carbocycles. The third-order valence-corrected chi connectivity index (χ3v) is 3.20. The maximum atomic E-state index is 12.0. The third kappa shape index (κ3) is 2.85. The monoisotopic (exact) mass is 292 g/mol. The fourth-order valence-electron chi connectivity index (χ4n) is 1.99. The molecular weight excluding hydrogens is 276 g/mol. The van der Waals surface area contributed by atoms with Crippen molar-refractivity contribution in [2.24, 2.45) is 0 Å². The van der Waals surface area contributed by atoms with Gasteiger partial charge in [0.1, 0.15) is 5.56 Å². The predicted octanol–water partition coefficient (Wildman–Crippen LogP) is 3.89. The summed E-state index contributed by atoms with van der Waals surface area (Å²) in [5, 5.41) is 4.67. The van der Waals surface area contributed by atoms with Gasteiger partial charge < -0.3 is 10.1 Å². The van der Waals surface area contributed by atoms with E-state index in [2.05, 4.69) is 17.2 Å². The molecule has 0 radical (unpaired) electrons. The molecule has 0 unspecified atom stereocenters. The Hall–Kier alpha value is -1.81. The van der Waals surface area contributed by atoms with Crippen molar-refractivity contribution < 1.29 is 9.53 Å². The van der Waals surface area contributed by atoms with E-state index in [9.17, 15) is 4.79 Å². The van der Waals surface area contributed by atoms with E-state index >= 15 is 0 Å². The number of nitrogens with zero attached hydrogens (tertiary/aromatic N) is 1. The van der Waals surface area contributed by atoms with E-state index in [1.165, 1.54) is 6.20 Å². The lowest BCUT2D eigenvalue weighted by Crippen LogP contribution is -2.11. The molecule has 0 spiro atoms. The van der Waals surface area contributed by atoms with Crippen LogP contribution in [-0.4, -0.2) is 24.1 Å².